The summed E-state index contributed by atoms with van der Waals surface area (Å²) in [6, 6.07) is 0.868. The lowest BCUT2D eigenvalue weighted by molar-refractivity contribution is 0.183. The Kier molecular flexibility index (Phi) is 4.54. The molecule has 1 aliphatic heterocycles. The molecule has 1 fully saturated rings. The van der Waals surface area contributed by atoms with E-state index in [9.17, 15) is 0 Å². The Morgan fingerprint density at radius 3 is 2.89 bits per heavy atom. The van der Waals surface area contributed by atoms with Crippen molar-refractivity contribution in [1.29, 1.82) is 0 Å². The lowest BCUT2D eigenvalue weighted by Gasteiger charge is -2.17. The van der Waals surface area contributed by atoms with Gasteiger partial charge >= 0.3 is 6.01 Å². The molecule has 0 radical (unpaired) electrons. The fourth-order valence-corrected chi connectivity index (χ4v) is 2.12. The van der Waals surface area contributed by atoms with Crippen LogP contribution in [0.2, 0.25) is 0 Å². The second kappa shape index (κ2) is 6.15. The summed E-state index contributed by atoms with van der Waals surface area (Å²) in [5.74, 6) is 1.14. The molecule has 2 heterocycles. The first-order valence-corrected chi connectivity index (χ1v) is 6.61. The highest BCUT2D eigenvalue weighted by atomic mass is 16.5. The summed E-state index contributed by atoms with van der Waals surface area (Å²) in [4.78, 5) is 0. The van der Waals surface area contributed by atoms with Gasteiger partial charge < -0.3 is 19.8 Å². The van der Waals surface area contributed by atoms with Crippen molar-refractivity contribution in [3.05, 3.63) is 5.89 Å². The van der Waals surface area contributed by atoms with Crippen LogP contribution in [0.3, 0.4) is 0 Å². The first-order valence-electron chi connectivity index (χ1n) is 6.61. The van der Waals surface area contributed by atoms with Crippen molar-refractivity contribution >= 4 is 6.01 Å². The normalized spacial score (nSPS) is 22.9. The van der Waals surface area contributed by atoms with Crippen molar-refractivity contribution in [2.24, 2.45) is 5.92 Å². The summed E-state index contributed by atoms with van der Waals surface area (Å²) in [7, 11) is 0. The number of hydrogen-bond acceptors (Lipinski definition) is 6. The van der Waals surface area contributed by atoms with Crippen molar-refractivity contribution in [2.45, 2.75) is 39.3 Å². The van der Waals surface area contributed by atoms with Gasteiger partial charge in [0.25, 0.3) is 0 Å². The molecule has 2 N–H and O–H groups in total. The Bertz CT molecular complexity index is 363. The van der Waals surface area contributed by atoms with Crippen LogP contribution in [-0.2, 0) is 4.74 Å². The smallest absolute Gasteiger partial charge is 0.315 e. The molecule has 1 aliphatic rings. The van der Waals surface area contributed by atoms with Crippen LogP contribution in [0.15, 0.2) is 4.42 Å². The summed E-state index contributed by atoms with van der Waals surface area (Å²) in [6.45, 7) is 8.72. The van der Waals surface area contributed by atoms with Crippen LogP contribution in [-0.4, -0.2) is 36.0 Å². The molecule has 1 aromatic heterocycles. The van der Waals surface area contributed by atoms with Gasteiger partial charge in [0.2, 0.25) is 5.89 Å². The number of aromatic nitrogens is 2. The predicted molar refractivity (Wildman–Crippen MR) is 68.4 cm³/mol. The Labute approximate surface area is 107 Å². The highest BCUT2D eigenvalue weighted by Gasteiger charge is 2.23. The van der Waals surface area contributed by atoms with Gasteiger partial charge in [0.05, 0.1) is 12.6 Å². The van der Waals surface area contributed by atoms with Gasteiger partial charge in [0.1, 0.15) is 0 Å². The number of anilines is 1. The Balaban J connectivity index is 1.89. The summed E-state index contributed by atoms with van der Waals surface area (Å²) in [5.41, 5.74) is 0. The average Bonchev–Trinajstić information content (AvgIpc) is 2.99. The first-order chi connectivity index (χ1) is 8.70. The second-order valence-electron chi connectivity index (χ2n) is 4.78. The van der Waals surface area contributed by atoms with Crippen molar-refractivity contribution in [2.75, 3.05) is 25.1 Å². The minimum Gasteiger partial charge on any atom is -0.406 e. The molecule has 3 unspecified atom stereocenters. The van der Waals surface area contributed by atoms with Crippen LogP contribution in [0.5, 0.6) is 0 Å². The minimum absolute atomic E-state index is 0.0863. The number of ether oxygens (including phenoxy) is 1. The Morgan fingerprint density at radius 1 is 1.39 bits per heavy atom. The standard InChI is InChI=1S/C12H22N4O2/c1-4-13-9(3)11-15-16-12(18-11)14-8(2)10-5-6-17-7-10/h8-10,13H,4-7H2,1-3H3,(H,14,16). The molecule has 1 saturated heterocycles. The van der Waals surface area contributed by atoms with E-state index in [2.05, 4.69) is 27.8 Å². The summed E-state index contributed by atoms with van der Waals surface area (Å²) in [6.07, 6.45) is 1.09. The van der Waals surface area contributed by atoms with Gasteiger partial charge in [-0.15, -0.1) is 5.10 Å². The van der Waals surface area contributed by atoms with E-state index in [1.807, 2.05) is 13.8 Å². The zero-order chi connectivity index (χ0) is 13.0. The molecule has 0 spiro atoms. The van der Waals surface area contributed by atoms with E-state index in [0.29, 0.717) is 17.8 Å². The molecule has 102 valence electrons. The number of nitrogens with one attached hydrogen (secondary N) is 2. The van der Waals surface area contributed by atoms with Crippen LogP contribution < -0.4 is 10.6 Å². The minimum atomic E-state index is 0.0863. The highest BCUT2D eigenvalue weighted by molar-refractivity contribution is 5.20. The molecule has 0 bridgehead atoms. The van der Waals surface area contributed by atoms with E-state index in [0.717, 1.165) is 26.2 Å². The quantitative estimate of drug-likeness (QED) is 0.803. The van der Waals surface area contributed by atoms with E-state index in [1.165, 1.54) is 0 Å². The van der Waals surface area contributed by atoms with Crippen LogP contribution >= 0.6 is 0 Å². The maximum atomic E-state index is 5.59. The number of rotatable bonds is 6. The molecule has 0 aromatic carbocycles. The van der Waals surface area contributed by atoms with E-state index < -0.39 is 0 Å². The molecule has 6 heteroatoms. The van der Waals surface area contributed by atoms with E-state index >= 15 is 0 Å². The fourth-order valence-electron chi connectivity index (χ4n) is 2.12. The zero-order valence-corrected chi connectivity index (χ0v) is 11.3. The molecule has 18 heavy (non-hydrogen) atoms. The summed E-state index contributed by atoms with van der Waals surface area (Å²) >= 11 is 0. The molecule has 0 aliphatic carbocycles. The zero-order valence-electron chi connectivity index (χ0n) is 11.3. The Hall–Kier alpha value is -1.14. The Morgan fingerprint density at radius 2 is 2.22 bits per heavy atom. The molecular formula is C12H22N4O2. The third-order valence-electron chi connectivity index (χ3n) is 3.34. The lowest BCUT2D eigenvalue weighted by atomic mass is 10.0. The molecule has 0 saturated carbocycles. The number of hydrogen-bond donors (Lipinski definition) is 2. The van der Waals surface area contributed by atoms with Crippen molar-refractivity contribution in [3.8, 4) is 0 Å². The van der Waals surface area contributed by atoms with Crippen LogP contribution in [0.1, 0.15) is 39.1 Å². The first kappa shape index (κ1) is 13.3. The van der Waals surface area contributed by atoms with Crippen molar-refractivity contribution in [3.63, 3.8) is 0 Å². The third kappa shape index (κ3) is 3.20. The van der Waals surface area contributed by atoms with E-state index in [4.69, 9.17) is 9.15 Å². The molecule has 0 amide bonds. The maximum Gasteiger partial charge on any atom is 0.315 e. The fraction of sp³-hybridized carbons (Fsp3) is 0.833. The maximum absolute atomic E-state index is 5.59. The lowest BCUT2D eigenvalue weighted by Crippen LogP contribution is -2.26. The van der Waals surface area contributed by atoms with E-state index in [1.54, 1.807) is 0 Å². The van der Waals surface area contributed by atoms with E-state index in [-0.39, 0.29) is 12.1 Å². The third-order valence-corrected chi connectivity index (χ3v) is 3.34. The van der Waals surface area contributed by atoms with Crippen LogP contribution in [0.4, 0.5) is 6.01 Å². The van der Waals surface area contributed by atoms with Crippen molar-refractivity contribution < 1.29 is 9.15 Å². The molecule has 1 aromatic rings. The van der Waals surface area contributed by atoms with Gasteiger partial charge in [-0.25, -0.2) is 0 Å². The monoisotopic (exact) mass is 254 g/mol. The number of nitrogens with zero attached hydrogens (tertiary/aromatic N) is 2. The highest BCUT2D eigenvalue weighted by Crippen LogP contribution is 2.20. The summed E-state index contributed by atoms with van der Waals surface area (Å²) < 4.78 is 11.0. The summed E-state index contributed by atoms with van der Waals surface area (Å²) in [5, 5.41) is 14.6. The van der Waals surface area contributed by atoms with Crippen LogP contribution in [0.25, 0.3) is 0 Å². The second-order valence-corrected chi connectivity index (χ2v) is 4.78. The van der Waals surface area contributed by atoms with Gasteiger partial charge in [-0.3, -0.25) is 0 Å². The molecule has 3 atom stereocenters. The van der Waals surface area contributed by atoms with Gasteiger partial charge in [-0.2, -0.15) is 0 Å². The average molecular weight is 254 g/mol. The largest absolute Gasteiger partial charge is 0.406 e. The topological polar surface area (TPSA) is 72.2 Å². The predicted octanol–water partition coefficient (Wildman–Crippen LogP) is 1.58. The van der Waals surface area contributed by atoms with Gasteiger partial charge in [0, 0.05) is 18.6 Å². The van der Waals surface area contributed by atoms with Crippen LogP contribution in [0, 0.1) is 5.92 Å². The van der Waals surface area contributed by atoms with Crippen molar-refractivity contribution in [1.82, 2.24) is 15.5 Å². The van der Waals surface area contributed by atoms with Gasteiger partial charge in [-0.1, -0.05) is 12.0 Å². The SMILES string of the molecule is CCNC(C)c1nnc(NC(C)C2CCOC2)o1. The molecular weight excluding hydrogens is 232 g/mol. The van der Waals surface area contributed by atoms with Gasteiger partial charge in [0.15, 0.2) is 0 Å². The molecule has 2 rings (SSSR count). The van der Waals surface area contributed by atoms with Gasteiger partial charge in [-0.05, 0) is 26.8 Å². The molecule has 6 nitrogen and oxygen atoms in total.